The van der Waals surface area contributed by atoms with Crippen LogP contribution in [0.5, 0.6) is 0 Å². The first-order chi connectivity index (χ1) is 14.1. The first-order valence-electron chi connectivity index (χ1n) is 9.42. The minimum absolute atomic E-state index is 0.0153. The molecule has 2 aliphatic rings. The van der Waals surface area contributed by atoms with Gasteiger partial charge in [-0.1, -0.05) is 6.07 Å². The van der Waals surface area contributed by atoms with Gasteiger partial charge in [-0.3, -0.25) is 15.1 Å². The van der Waals surface area contributed by atoms with Crippen molar-refractivity contribution in [3.63, 3.8) is 0 Å². The summed E-state index contributed by atoms with van der Waals surface area (Å²) in [6, 6.07) is 9.49. The Morgan fingerprint density at radius 3 is 2.83 bits per heavy atom. The molecule has 1 amide bonds. The number of fused-ring (bicyclic) bond motifs is 2. The number of nitrogens with zero attached hydrogens (tertiary/aromatic N) is 2. The second kappa shape index (κ2) is 6.80. The number of hydrogen-bond acceptors (Lipinski definition) is 5. The topological polar surface area (TPSA) is 96.4 Å². The number of aromatic nitrogens is 2. The second-order valence-electron chi connectivity index (χ2n) is 7.18. The van der Waals surface area contributed by atoms with Crippen molar-refractivity contribution in [2.75, 3.05) is 11.9 Å². The highest BCUT2D eigenvalue weighted by molar-refractivity contribution is 6.22. The van der Waals surface area contributed by atoms with E-state index in [1.807, 2.05) is 12.1 Å². The molecule has 0 atom stereocenters. The number of halogens is 1. The fourth-order valence-electron chi connectivity index (χ4n) is 3.51. The molecule has 146 valence electrons. The van der Waals surface area contributed by atoms with Crippen LogP contribution in [0.15, 0.2) is 41.4 Å². The molecule has 1 aliphatic heterocycles. The highest BCUT2D eigenvalue weighted by Crippen LogP contribution is 2.25. The zero-order chi connectivity index (χ0) is 20.0. The molecule has 3 aromatic rings. The maximum Gasteiger partial charge on any atom is 0.414 e. The van der Waals surface area contributed by atoms with E-state index in [0.717, 1.165) is 24.8 Å². The van der Waals surface area contributed by atoms with Gasteiger partial charge in [-0.25, -0.2) is 14.2 Å². The van der Waals surface area contributed by atoms with Gasteiger partial charge in [0.15, 0.2) is 5.78 Å². The van der Waals surface area contributed by atoms with Crippen molar-refractivity contribution in [3.05, 3.63) is 58.9 Å². The number of amides is 1. The molecular formula is C21H17FN4O3. The average Bonchev–Trinajstić information content (AvgIpc) is 3.06. The molecular weight excluding hydrogens is 375 g/mol. The second-order valence-corrected chi connectivity index (χ2v) is 7.18. The Kier molecular flexibility index (Phi) is 4.12. The number of imidazole rings is 1. The summed E-state index contributed by atoms with van der Waals surface area (Å²) in [6.07, 6.45) is 2.31. The van der Waals surface area contributed by atoms with Crippen LogP contribution in [0, 0.1) is 5.82 Å². The van der Waals surface area contributed by atoms with Gasteiger partial charge in [0, 0.05) is 16.7 Å². The molecule has 8 heteroatoms. The van der Waals surface area contributed by atoms with Crippen LogP contribution in [-0.2, 0) is 4.74 Å². The van der Waals surface area contributed by atoms with E-state index in [2.05, 4.69) is 20.3 Å². The van der Waals surface area contributed by atoms with Crippen molar-refractivity contribution < 1.29 is 18.7 Å². The standard InChI is InChI=1S/C21H17FN4O3/c22-12-5-6-14-15(9-12)19(23-10-18(14)27)11-4-7-16-17(8-11)25-20(24-16)26-21(28)29-13-2-1-3-13/h4-9,13H,1-3,10H2,(H2,24,25,26,28). The van der Waals surface area contributed by atoms with E-state index < -0.39 is 11.9 Å². The lowest BCUT2D eigenvalue weighted by Crippen LogP contribution is -2.28. The molecule has 0 unspecified atom stereocenters. The maximum atomic E-state index is 13.8. The first kappa shape index (κ1) is 17.5. The van der Waals surface area contributed by atoms with Crippen LogP contribution in [0.4, 0.5) is 15.1 Å². The zero-order valence-corrected chi connectivity index (χ0v) is 15.4. The van der Waals surface area contributed by atoms with E-state index in [-0.39, 0.29) is 24.4 Å². The molecule has 0 spiro atoms. The van der Waals surface area contributed by atoms with Crippen LogP contribution in [0.25, 0.3) is 11.0 Å². The van der Waals surface area contributed by atoms with Gasteiger partial charge in [0.2, 0.25) is 5.95 Å². The molecule has 0 bridgehead atoms. The molecule has 2 heterocycles. The summed E-state index contributed by atoms with van der Waals surface area (Å²) >= 11 is 0. The van der Waals surface area contributed by atoms with Gasteiger partial charge in [0.05, 0.1) is 16.7 Å². The third-order valence-electron chi connectivity index (χ3n) is 5.22. The van der Waals surface area contributed by atoms with Gasteiger partial charge in [-0.15, -0.1) is 0 Å². The molecule has 0 saturated heterocycles. The molecule has 2 N–H and O–H groups in total. The molecule has 0 radical (unpaired) electrons. The minimum atomic E-state index is -0.534. The number of nitrogens with one attached hydrogen (secondary N) is 2. The Morgan fingerprint density at radius 1 is 1.17 bits per heavy atom. The third kappa shape index (κ3) is 3.26. The molecule has 7 nitrogen and oxygen atoms in total. The quantitative estimate of drug-likeness (QED) is 0.708. The lowest BCUT2D eigenvalue weighted by Gasteiger charge is -2.24. The van der Waals surface area contributed by atoms with Gasteiger partial charge in [0.1, 0.15) is 18.5 Å². The van der Waals surface area contributed by atoms with Gasteiger partial charge in [-0.2, -0.15) is 0 Å². The lowest BCUT2D eigenvalue weighted by atomic mass is 9.92. The molecule has 5 rings (SSSR count). The zero-order valence-electron chi connectivity index (χ0n) is 15.4. The largest absolute Gasteiger partial charge is 0.446 e. The van der Waals surface area contributed by atoms with Gasteiger partial charge < -0.3 is 9.72 Å². The molecule has 29 heavy (non-hydrogen) atoms. The van der Waals surface area contributed by atoms with E-state index in [9.17, 15) is 14.0 Å². The minimum Gasteiger partial charge on any atom is -0.446 e. The van der Waals surface area contributed by atoms with Crippen molar-refractivity contribution in [2.24, 2.45) is 4.99 Å². The number of H-pyrrole nitrogens is 1. The van der Waals surface area contributed by atoms with Crippen molar-refractivity contribution in [1.29, 1.82) is 0 Å². The van der Waals surface area contributed by atoms with Crippen LogP contribution >= 0.6 is 0 Å². The summed E-state index contributed by atoms with van der Waals surface area (Å²) in [5, 5.41) is 2.61. The van der Waals surface area contributed by atoms with Crippen LogP contribution in [0.1, 0.15) is 40.7 Å². The molecule has 2 aromatic carbocycles. The van der Waals surface area contributed by atoms with E-state index in [1.165, 1.54) is 18.2 Å². The van der Waals surface area contributed by atoms with E-state index in [4.69, 9.17) is 4.74 Å². The van der Waals surface area contributed by atoms with Gasteiger partial charge >= 0.3 is 6.09 Å². The number of Topliss-reactive ketones (excluding diaryl/α,β-unsaturated/α-hetero) is 1. The highest BCUT2D eigenvalue weighted by atomic mass is 19.1. The number of ketones is 1. The number of anilines is 1. The Morgan fingerprint density at radius 2 is 2.03 bits per heavy atom. The molecule has 1 saturated carbocycles. The Balaban J connectivity index is 1.44. The van der Waals surface area contributed by atoms with Crippen LogP contribution in [0.3, 0.4) is 0 Å². The monoisotopic (exact) mass is 392 g/mol. The van der Waals surface area contributed by atoms with Gasteiger partial charge in [0.25, 0.3) is 0 Å². The van der Waals surface area contributed by atoms with Crippen LogP contribution < -0.4 is 5.32 Å². The lowest BCUT2D eigenvalue weighted by molar-refractivity contribution is 0.0623. The molecule has 1 aliphatic carbocycles. The normalized spacial score (nSPS) is 16.2. The number of ether oxygens (including phenoxy) is 1. The average molecular weight is 392 g/mol. The Bertz CT molecular complexity index is 1180. The van der Waals surface area contributed by atoms with Crippen molar-refractivity contribution in [2.45, 2.75) is 25.4 Å². The number of aromatic amines is 1. The molecule has 1 aromatic heterocycles. The van der Waals surface area contributed by atoms with E-state index >= 15 is 0 Å². The van der Waals surface area contributed by atoms with Crippen LogP contribution in [0.2, 0.25) is 0 Å². The maximum absolute atomic E-state index is 13.8. The summed E-state index contributed by atoms with van der Waals surface area (Å²) in [5.74, 6) is -0.276. The Labute approximate surface area is 165 Å². The first-order valence-corrected chi connectivity index (χ1v) is 9.42. The summed E-state index contributed by atoms with van der Waals surface area (Å²) in [4.78, 5) is 35.8. The smallest absolute Gasteiger partial charge is 0.414 e. The SMILES string of the molecule is O=C(Nc1nc2ccc(C3=NCC(=O)c4ccc(F)cc43)cc2[nH]1)OC1CCC1. The number of hydrogen-bond donors (Lipinski definition) is 2. The van der Waals surface area contributed by atoms with Crippen molar-refractivity contribution in [3.8, 4) is 0 Å². The third-order valence-corrected chi connectivity index (χ3v) is 5.22. The van der Waals surface area contributed by atoms with Crippen molar-refractivity contribution >= 4 is 34.6 Å². The number of benzene rings is 2. The number of carbonyl (C=O) groups is 2. The number of aliphatic imine (C=N–C) groups is 1. The fourth-order valence-corrected chi connectivity index (χ4v) is 3.51. The highest BCUT2D eigenvalue weighted by Gasteiger charge is 2.24. The van der Waals surface area contributed by atoms with Crippen LogP contribution in [-0.4, -0.2) is 40.2 Å². The number of carbonyl (C=O) groups excluding carboxylic acids is 2. The van der Waals surface area contributed by atoms with Gasteiger partial charge in [-0.05, 0) is 49.6 Å². The predicted molar refractivity (Wildman–Crippen MR) is 105 cm³/mol. The number of rotatable bonds is 3. The fraction of sp³-hybridized carbons (Fsp3) is 0.238. The summed E-state index contributed by atoms with van der Waals surface area (Å²) in [7, 11) is 0. The summed E-state index contributed by atoms with van der Waals surface area (Å²) in [6.45, 7) is 0.0226. The summed E-state index contributed by atoms with van der Waals surface area (Å²) in [5.41, 5.74) is 3.54. The van der Waals surface area contributed by atoms with E-state index in [0.29, 0.717) is 27.9 Å². The van der Waals surface area contributed by atoms with Crippen molar-refractivity contribution in [1.82, 2.24) is 9.97 Å². The Hall–Kier alpha value is -3.55. The summed E-state index contributed by atoms with van der Waals surface area (Å²) < 4.78 is 19.0. The molecule has 1 fully saturated rings. The van der Waals surface area contributed by atoms with E-state index in [1.54, 1.807) is 6.07 Å². The predicted octanol–water partition coefficient (Wildman–Crippen LogP) is 3.84.